The summed E-state index contributed by atoms with van der Waals surface area (Å²) in [5, 5.41) is 0. The number of likely N-dealkylation sites (tertiary alicyclic amines) is 1. The Kier molecular flexibility index (Phi) is 5.37. The quantitative estimate of drug-likeness (QED) is 0.747. The lowest BCUT2D eigenvalue weighted by atomic mass is 9.78. The van der Waals surface area contributed by atoms with Crippen molar-refractivity contribution in [3.05, 3.63) is 24.3 Å². The largest absolute Gasteiger partial charge is 0.492 e. The van der Waals surface area contributed by atoms with Crippen molar-refractivity contribution < 1.29 is 22.7 Å². The molecule has 0 saturated carbocycles. The Labute approximate surface area is 166 Å². The van der Waals surface area contributed by atoms with E-state index < -0.39 is 10.0 Å². The molecule has 7 nitrogen and oxygen atoms in total. The van der Waals surface area contributed by atoms with E-state index in [1.807, 2.05) is 11.8 Å². The second-order valence-corrected chi connectivity index (χ2v) is 9.90. The monoisotopic (exact) mass is 408 g/mol. The van der Waals surface area contributed by atoms with Crippen LogP contribution in [0.5, 0.6) is 5.75 Å². The summed E-state index contributed by atoms with van der Waals surface area (Å²) in [6, 6.07) is 6.84. The van der Waals surface area contributed by atoms with E-state index in [0.717, 1.165) is 25.7 Å². The maximum Gasteiger partial charge on any atom is 0.251 e. The van der Waals surface area contributed by atoms with E-state index >= 15 is 0 Å². The van der Waals surface area contributed by atoms with Gasteiger partial charge < -0.3 is 14.4 Å². The summed E-state index contributed by atoms with van der Waals surface area (Å²) in [6.45, 7) is 5.04. The lowest BCUT2D eigenvalue weighted by Crippen LogP contribution is -2.53. The summed E-state index contributed by atoms with van der Waals surface area (Å²) in [7, 11) is -3.60. The standard InChI is InChI=1S/C20H28N2O5S/c1-2-22-14-20(15-27-16-6-3-4-8-18(16)28(22,24)25)9-11-21(12-10-20)19(23)17-7-5-13-26-17/h3-4,6,8,17H,2,5,7,9-15H2,1H3/t17-/m0/s1. The number of para-hydroxylation sites is 1. The molecule has 0 aliphatic carbocycles. The van der Waals surface area contributed by atoms with Gasteiger partial charge in [-0.15, -0.1) is 0 Å². The molecule has 2 saturated heterocycles. The van der Waals surface area contributed by atoms with Crippen LogP contribution in [-0.4, -0.2) is 69.0 Å². The predicted molar refractivity (Wildman–Crippen MR) is 104 cm³/mol. The Morgan fingerprint density at radius 2 is 2.00 bits per heavy atom. The van der Waals surface area contributed by atoms with Crippen LogP contribution in [0.25, 0.3) is 0 Å². The second-order valence-electron chi connectivity index (χ2n) is 7.99. The highest BCUT2D eigenvalue weighted by atomic mass is 32.2. The van der Waals surface area contributed by atoms with Gasteiger partial charge in [0.05, 0.1) is 6.61 Å². The van der Waals surface area contributed by atoms with E-state index in [4.69, 9.17) is 9.47 Å². The average molecular weight is 409 g/mol. The van der Waals surface area contributed by atoms with E-state index in [2.05, 4.69) is 0 Å². The fourth-order valence-corrected chi connectivity index (χ4v) is 6.11. The molecule has 3 heterocycles. The van der Waals surface area contributed by atoms with Gasteiger partial charge >= 0.3 is 0 Å². The van der Waals surface area contributed by atoms with Gasteiger partial charge in [0.2, 0.25) is 10.0 Å². The third kappa shape index (κ3) is 3.53. The van der Waals surface area contributed by atoms with Crippen molar-refractivity contribution >= 4 is 15.9 Å². The molecule has 8 heteroatoms. The first-order valence-electron chi connectivity index (χ1n) is 10.1. The molecule has 0 aromatic heterocycles. The molecule has 0 unspecified atom stereocenters. The number of benzene rings is 1. The molecule has 0 radical (unpaired) electrons. The third-order valence-corrected chi connectivity index (χ3v) is 8.17. The summed E-state index contributed by atoms with van der Waals surface area (Å²) >= 11 is 0. The van der Waals surface area contributed by atoms with Crippen LogP contribution in [-0.2, 0) is 19.6 Å². The third-order valence-electron chi connectivity index (χ3n) is 6.21. The number of piperidine rings is 1. The Hall–Kier alpha value is -1.64. The van der Waals surface area contributed by atoms with E-state index in [1.165, 1.54) is 0 Å². The summed E-state index contributed by atoms with van der Waals surface area (Å²) in [5.74, 6) is 0.488. The van der Waals surface area contributed by atoms with Gasteiger partial charge in [0, 0.05) is 38.2 Å². The van der Waals surface area contributed by atoms with E-state index in [-0.39, 0.29) is 22.3 Å². The van der Waals surface area contributed by atoms with Crippen LogP contribution in [0.15, 0.2) is 29.2 Å². The molecule has 3 aliphatic heterocycles. The molecule has 1 spiro atoms. The van der Waals surface area contributed by atoms with Crippen molar-refractivity contribution in [1.82, 2.24) is 9.21 Å². The lowest BCUT2D eigenvalue weighted by Gasteiger charge is -2.45. The fourth-order valence-electron chi connectivity index (χ4n) is 4.42. The van der Waals surface area contributed by atoms with Gasteiger partial charge in [0.1, 0.15) is 16.7 Å². The lowest BCUT2D eigenvalue weighted by molar-refractivity contribution is -0.143. The van der Waals surface area contributed by atoms with Crippen LogP contribution in [0.2, 0.25) is 0 Å². The molecule has 0 N–H and O–H groups in total. The molecule has 2 fully saturated rings. The van der Waals surface area contributed by atoms with Crippen LogP contribution >= 0.6 is 0 Å². The molecule has 1 atom stereocenters. The molecule has 1 aromatic rings. The number of nitrogens with zero attached hydrogens (tertiary/aromatic N) is 2. The number of sulfonamides is 1. The first-order chi connectivity index (χ1) is 13.5. The number of hydrogen-bond acceptors (Lipinski definition) is 5. The van der Waals surface area contributed by atoms with Crippen LogP contribution in [0, 0.1) is 5.41 Å². The van der Waals surface area contributed by atoms with Gasteiger partial charge in [0.25, 0.3) is 5.91 Å². The SMILES string of the molecule is CCN1CC2(CCN(C(=O)[C@@H]3CCCO3)CC2)COc2ccccc2S1(=O)=O. The van der Waals surface area contributed by atoms with Gasteiger partial charge in [-0.3, -0.25) is 4.79 Å². The smallest absolute Gasteiger partial charge is 0.251 e. The number of fused-ring (bicyclic) bond motifs is 1. The molecular weight excluding hydrogens is 380 g/mol. The maximum absolute atomic E-state index is 13.1. The molecule has 154 valence electrons. The Balaban J connectivity index is 1.54. The second kappa shape index (κ2) is 7.65. The molecule has 1 aromatic carbocycles. The minimum atomic E-state index is -3.60. The van der Waals surface area contributed by atoms with Crippen molar-refractivity contribution in [2.24, 2.45) is 5.41 Å². The van der Waals surface area contributed by atoms with Crippen molar-refractivity contribution in [1.29, 1.82) is 0 Å². The average Bonchev–Trinajstić information content (AvgIpc) is 3.25. The number of carbonyl (C=O) groups is 1. The maximum atomic E-state index is 13.1. The zero-order valence-electron chi connectivity index (χ0n) is 16.3. The molecule has 1 amide bonds. The van der Waals surface area contributed by atoms with Crippen molar-refractivity contribution in [3.8, 4) is 5.75 Å². The minimum Gasteiger partial charge on any atom is -0.492 e. The van der Waals surface area contributed by atoms with Gasteiger partial charge in [-0.1, -0.05) is 19.1 Å². The molecule has 4 rings (SSSR count). The number of ether oxygens (including phenoxy) is 2. The van der Waals surface area contributed by atoms with Crippen molar-refractivity contribution in [2.45, 2.75) is 43.6 Å². The zero-order valence-corrected chi connectivity index (χ0v) is 17.1. The summed E-state index contributed by atoms with van der Waals surface area (Å²) < 4.78 is 39.4. The first kappa shape index (κ1) is 19.7. The Morgan fingerprint density at radius 1 is 1.25 bits per heavy atom. The van der Waals surface area contributed by atoms with Crippen molar-refractivity contribution in [3.63, 3.8) is 0 Å². The van der Waals surface area contributed by atoms with Gasteiger partial charge in [-0.2, -0.15) is 4.31 Å². The van der Waals surface area contributed by atoms with E-state index in [9.17, 15) is 13.2 Å². The van der Waals surface area contributed by atoms with E-state index in [1.54, 1.807) is 28.6 Å². The highest BCUT2D eigenvalue weighted by Crippen LogP contribution is 2.39. The van der Waals surface area contributed by atoms with Crippen LogP contribution < -0.4 is 4.74 Å². The van der Waals surface area contributed by atoms with E-state index in [0.29, 0.717) is 45.1 Å². The molecule has 3 aliphatic rings. The normalized spacial score (nSPS) is 26.9. The number of hydrogen-bond donors (Lipinski definition) is 0. The van der Waals surface area contributed by atoms with Crippen molar-refractivity contribution in [2.75, 3.05) is 39.4 Å². The summed E-state index contributed by atoms with van der Waals surface area (Å²) in [6.07, 6.45) is 2.87. The number of rotatable bonds is 2. The highest BCUT2D eigenvalue weighted by molar-refractivity contribution is 7.89. The highest BCUT2D eigenvalue weighted by Gasteiger charge is 2.43. The zero-order chi connectivity index (χ0) is 19.8. The molecular formula is C20H28N2O5S. The molecule has 28 heavy (non-hydrogen) atoms. The Bertz CT molecular complexity index is 827. The van der Waals surface area contributed by atoms with Crippen LogP contribution in [0.4, 0.5) is 0 Å². The van der Waals surface area contributed by atoms with Crippen LogP contribution in [0.1, 0.15) is 32.6 Å². The first-order valence-corrected chi connectivity index (χ1v) is 11.5. The van der Waals surface area contributed by atoms with Gasteiger partial charge in [-0.25, -0.2) is 8.42 Å². The molecule has 0 bridgehead atoms. The summed E-state index contributed by atoms with van der Waals surface area (Å²) in [4.78, 5) is 14.8. The van der Waals surface area contributed by atoms with Gasteiger partial charge in [0.15, 0.2) is 0 Å². The fraction of sp³-hybridized carbons (Fsp3) is 0.650. The number of amides is 1. The Morgan fingerprint density at radius 3 is 2.68 bits per heavy atom. The number of carbonyl (C=O) groups excluding carboxylic acids is 1. The topological polar surface area (TPSA) is 76.2 Å². The van der Waals surface area contributed by atoms with Crippen LogP contribution in [0.3, 0.4) is 0 Å². The predicted octanol–water partition coefficient (Wildman–Crippen LogP) is 1.88. The summed E-state index contributed by atoms with van der Waals surface area (Å²) in [5.41, 5.74) is -0.288. The van der Waals surface area contributed by atoms with Gasteiger partial charge in [-0.05, 0) is 37.8 Å². The minimum absolute atomic E-state index is 0.0735.